The molecule has 0 unspecified atom stereocenters. The zero-order valence-electron chi connectivity index (χ0n) is 19.3. The minimum Gasteiger partial charge on any atom is -0.494 e. The first-order chi connectivity index (χ1) is 16.0. The summed E-state index contributed by atoms with van der Waals surface area (Å²) < 4.78 is 5.84. The maximum atomic E-state index is 11.3. The molecule has 0 heterocycles. The number of unbranched alkanes of at least 4 members (excludes halogenated alkanes) is 7. The minimum atomic E-state index is -1.07. The summed E-state index contributed by atoms with van der Waals surface area (Å²) in [4.78, 5) is 22.3. The van der Waals surface area contributed by atoms with Crippen LogP contribution in [0.25, 0.3) is 11.6 Å². The van der Waals surface area contributed by atoms with Crippen LogP contribution in [0.1, 0.15) is 79.8 Å². The molecule has 5 heteroatoms. The summed E-state index contributed by atoms with van der Waals surface area (Å²) in [6, 6.07) is 14.0. The summed E-state index contributed by atoms with van der Waals surface area (Å²) in [6.45, 7) is 2.93. The number of carboxylic acid groups (broad SMARTS) is 2. The van der Waals surface area contributed by atoms with Gasteiger partial charge in [0.1, 0.15) is 5.75 Å². The second kappa shape index (κ2) is 14.7. The number of allylic oxidation sites excluding steroid dienone is 2. The molecule has 33 heavy (non-hydrogen) atoms. The summed E-state index contributed by atoms with van der Waals surface area (Å²) in [5, 5.41) is 18.3. The van der Waals surface area contributed by atoms with Gasteiger partial charge >= 0.3 is 11.9 Å². The number of aromatic carboxylic acids is 1. The highest BCUT2D eigenvalue weighted by molar-refractivity contribution is 5.94. The number of aliphatic carboxylic acids is 1. The van der Waals surface area contributed by atoms with Crippen molar-refractivity contribution in [2.24, 2.45) is 0 Å². The van der Waals surface area contributed by atoms with Crippen molar-refractivity contribution in [3.8, 4) is 5.75 Å². The first-order valence-electron chi connectivity index (χ1n) is 11.7. The van der Waals surface area contributed by atoms with Gasteiger partial charge in [-0.15, -0.1) is 0 Å². The van der Waals surface area contributed by atoms with Gasteiger partial charge in [0.15, 0.2) is 0 Å². The van der Waals surface area contributed by atoms with E-state index in [-0.39, 0.29) is 5.56 Å². The van der Waals surface area contributed by atoms with Crippen molar-refractivity contribution >= 4 is 23.6 Å². The Hall–Kier alpha value is -3.34. The lowest BCUT2D eigenvalue weighted by Gasteiger charge is -2.08. The quantitative estimate of drug-likeness (QED) is 0.131. The lowest BCUT2D eigenvalue weighted by molar-refractivity contribution is -0.131. The summed E-state index contributed by atoms with van der Waals surface area (Å²) in [7, 11) is 0. The Kier molecular flexibility index (Phi) is 11.5. The van der Waals surface area contributed by atoms with Gasteiger partial charge in [0.25, 0.3) is 0 Å². The maximum Gasteiger partial charge on any atom is 0.335 e. The van der Waals surface area contributed by atoms with Crippen LogP contribution in [-0.2, 0) is 4.79 Å². The molecule has 2 rings (SSSR count). The Morgan fingerprint density at radius 1 is 0.818 bits per heavy atom. The number of benzene rings is 2. The Bertz CT molecular complexity index is 941. The van der Waals surface area contributed by atoms with Crippen molar-refractivity contribution in [3.05, 3.63) is 77.4 Å². The van der Waals surface area contributed by atoms with E-state index >= 15 is 0 Å². The standard InChI is InChI=1S/C28H34O5/c1-2-3-4-5-6-7-8-9-19-33-26-16-13-22(14-17-26)20-24(15-18-27(29)30)23-11-10-12-25(21-23)28(31)32/h10-18,20-21H,2-9,19H2,1H3,(H,29,30)(H,31,32)/b18-15-,24-20-. The molecule has 0 aliphatic heterocycles. The summed E-state index contributed by atoms with van der Waals surface area (Å²) in [6.07, 6.45) is 14.4. The van der Waals surface area contributed by atoms with Gasteiger partial charge in [-0.25, -0.2) is 9.59 Å². The predicted octanol–water partition coefficient (Wildman–Crippen LogP) is 7.09. The Morgan fingerprint density at radius 3 is 2.09 bits per heavy atom. The highest BCUT2D eigenvalue weighted by Gasteiger charge is 2.06. The molecular formula is C28H34O5. The van der Waals surface area contributed by atoms with E-state index in [1.807, 2.05) is 30.3 Å². The molecule has 0 bridgehead atoms. The number of carbonyl (C=O) groups is 2. The molecule has 0 fully saturated rings. The maximum absolute atomic E-state index is 11.3. The van der Waals surface area contributed by atoms with Crippen molar-refractivity contribution in [1.82, 2.24) is 0 Å². The molecule has 0 radical (unpaired) electrons. The zero-order chi connectivity index (χ0) is 23.9. The lowest BCUT2D eigenvalue weighted by Crippen LogP contribution is -1.97. The Balaban J connectivity index is 1.95. The van der Waals surface area contributed by atoms with Gasteiger partial charge in [0.2, 0.25) is 0 Å². The van der Waals surface area contributed by atoms with Crippen LogP contribution in [0, 0.1) is 0 Å². The van der Waals surface area contributed by atoms with E-state index in [1.165, 1.54) is 63.2 Å². The van der Waals surface area contributed by atoms with Gasteiger partial charge < -0.3 is 14.9 Å². The van der Waals surface area contributed by atoms with E-state index in [1.54, 1.807) is 12.1 Å². The van der Waals surface area contributed by atoms with Gasteiger partial charge in [0.05, 0.1) is 12.2 Å². The fourth-order valence-corrected chi connectivity index (χ4v) is 3.49. The fraction of sp³-hybridized carbons (Fsp3) is 0.357. The average molecular weight is 451 g/mol. The molecule has 5 nitrogen and oxygen atoms in total. The van der Waals surface area contributed by atoms with Crippen LogP contribution >= 0.6 is 0 Å². The van der Waals surface area contributed by atoms with Crippen LogP contribution in [0.5, 0.6) is 5.75 Å². The van der Waals surface area contributed by atoms with Crippen molar-refractivity contribution < 1.29 is 24.5 Å². The molecule has 176 valence electrons. The minimum absolute atomic E-state index is 0.145. The highest BCUT2D eigenvalue weighted by Crippen LogP contribution is 2.23. The van der Waals surface area contributed by atoms with Crippen LogP contribution in [0.3, 0.4) is 0 Å². The van der Waals surface area contributed by atoms with E-state index in [0.29, 0.717) is 17.7 Å². The molecule has 0 spiro atoms. The third kappa shape index (κ3) is 10.2. The van der Waals surface area contributed by atoms with Crippen LogP contribution < -0.4 is 4.74 Å². The molecule has 0 amide bonds. The predicted molar refractivity (Wildman–Crippen MR) is 133 cm³/mol. The number of ether oxygens (including phenoxy) is 1. The molecule has 2 aromatic rings. The molecule has 0 atom stereocenters. The lowest BCUT2D eigenvalue weighted by atomic mass is 10.00. The van der Waals surface area contributed by atoms with Crippen molar-refractivity contribution in [2.75, 3.05) is 6.61 Å². The third-order valence-corrected chi connectivity index (χ3v) is 5.32. The van der Waals surface area contributed by atoms with E-state index in [9.17, 15) is 14.7 Å². The first-order valence-corrected chi connectivity index (χ1v) is 11.7. The van der Waals surface area contributed by atoms with Gasteiger partial charge in [-0.05, 0) is 59.5 Å². The summed E-state index contributed by atoms with van der Waals surface area (Å²) in [5.74, 6) is -1.30. The zero-order valence-corrected chi connectivity index (χ0v) is 19.3. The Morgan fingerprint density at radius 2 is 1.45 bits per heavy atom. The van der Waals surface area contributed by atoms with Crippen molar-refractivity contribution in [2.45, 2.75) is 58.3 Å². The smallest absolute Gasteiger partial charge is 0.335 e. The second-order valence-electron chi connectivity index (χ2n) is 8.05. The highest BCUT2D eigenvalue weighted by atomic mass is 16.5. The Labute approximate surface area is 196 Å². The van der Waals surface area contributed by atoms with Crippen LogP contribution in [0.2, 0.25) is 0 Å². The molecule has 0 aliphatic rings. The summed E-state index contributed by atoms with van der Waals surface area (Å²) in [5.41, 5.74) is 2.24. The fourth-order valence-electron chi connectivity index (χ4n) is 3.49. The number of carboxylic acids is 2. The van der Waals surface area contributed by atoms with E-state index < -0.39 is 11.9 Å². The number of hydrogen-bond donors (Lipinski definition) is 2. The molecule has 0 saturated carbocycles. The van der Waals surface area contributed by atoms with Gasteiger partial charge in [-0.2, -0.15) is 0 Å². The van der Waals surface area contributed by atoms with Gasteiger partial charge in [0, 0.05) is 6.08 Å². The average Bonchev–Trinajstić information content (AvgIpc) is 2.81. The topological polar surface area (TPSA) is 83.8 Å². The van der Waals surface area contributed by atoms with Crippen molar-refractivity contribution in [3.63, 3.8) is 0 Å². The molecule has 2 aromatic carbocycles. The van der Waals surface area contributed by atoms with E-state index in [2.05, 4.69) is 6.92 Å². The SMILES string of the molecule is CCCCCCCCCCOc1ccc(/C=C(/C=C\C(=O)O)c2cccc(C(=O)O)c2)cc1. The van der Waals surface area contributed by atoms with Gasteiger partial charge in [-0.1, -0.05) is 76.1 Å². The van der Waals surface area contributed by atoms with Crippen LogP contribution in [0.4, 0.5) is 0 Å². The van der Waals surface area contributed by atoms with E-state index in [4.69, 9.17) is 9.84 Å². The van der Waals surface area contributed by atoms with E-state index in [0.717, 1.165) is 23.8 Å². The molecule has 0 saturated heterocycles. The molecule has 0 aromatic heterocycles. The molecule has 2 N–H and O–H groups in total. The normalized spacial score (nSPS) is 11.6. The number of rotatable bonds is 15. The third-order valence-electron chi connectivity index (χ3n) is 5.32. The first kappa shape index (κ1) is 25.9. The molecule has 0 aliphatic carbocycles. The summed E-state index contributed by atoms with van der Waals surface area (Å²) >= 11 is 0. The second-order valence-corrected chi connectivity index (χ2v) is 8.05. The van der Waals surface area contributed by atoms with Crippen LogP contribution in [0.15, 0.2) is 60.7 Å². The monoisotopic (exact) mass is 450 g/mol. The molecular weight excluding hydrogens is 416 g/mol. The van der Waals surface area contributed by atoms with Crippen molar-refractivity contribution in [1.29, 1.82) is 0 Å². The van der Waals surface area contributed by atoms with Crippen LogP contribution in [-0.4, -0.2) is 28.8 Å². The largest absolute Gasteiger partial charge is 0.494 e. The van der Waals surface area contributed by atoms with Gasteiger partial charge in [-0.3, -0.25) is 0 Å². The number of hydrogen-bond acceptors (Lipinski definition) is 3.